The molecule has 0 aromatic carbocycles. The summed E-state index contributed by atoms with van der Waals surface area (Å²) >= 11 is 0. The van der Waals surface area contributed by atoms with Gasteiger partial charge in [-0.3, -0.25) is 4.90 Å². The highest BCUT2D eigenvalue weighted by molar-refractivity contribution is 5.57. The Morgan fingerprint density at radius 2 is 2.14 bits per heavy atom. The number of nitrogen functional groups attached to an aromatic ring is 1. The molecule has 2 aliphatic heterocycles. The summed E-state index contributed by atoms with van der Waals surface area (Å²) in [7, 11) is 0. The Labute approximate surface area is 127 Å². The van der Waals surface area contributed by atoms with Crippen molar-refractivity contribution >= 4 is 11.6 Å². The van der Waals surface area contributed by atoms with Crippen molar-refractivity contribution in [3.63, 3.8) is 0 Å². The van der Waals surface area contributed by atoms with E-state index in [-0.39, 0.29) is 0 Å². The molecule has 2 saturated heterocycles. The van der Waals surface area contributed by atoms with Gasteiger partial charge in [0.05, 0.1) is 0 Å². The van der Waals surface area contributed by atoms with Crippen LogP contribution in [0.4, 0.5) is 11.6 Å². The van der Waals surface area contributed by atoms with E-state index in [1.54, 1.807) is 6.33 Å². The van der Waals surface area contributed by atoms with E-state index in [1.165, 1.54) is 25.8 Å². The van der Waals surface area contributed by atoms with Gasteiger partial charge in [-0.2, -0.15) is 0 Å². The molecule has 3 heterocycles. The molecule has 2 N–H and O–H groups in total. The van der Waals surface area contributed by atoms with Crippen LogP contribution in [0.2, 0.25) is 0 Å². The predicted molar refractivity (Wildman–Crippen MR) is 86.5 cm³/mol. The Balaban J connectivity index is 1.87. The first kappa shape index (κ1) is 14.6. The fraction of sp³-hybridized carbons (Fsp3) is 0.750. The summed E-state index contributed by atoms with van der Waals surface area (Å²) < 4.78 is 0. The quantitative estimate of drug-likeness (QED) is 0.923. The largest absolute Gasteiger partial charge is 0.383 e. The van der Waals surface area contributed by atoms with Gasteiger partial charge in [0.2, 0.25) is 0 Å². The monoisotopic (exact) mass is 289 g/mol. The standard InChI is InChI=1S/C16H27N5/c1-3-6-14-15(17)18-11-19-16(14)21-10-13-7-4-5-8-20(13)9-12(21)2/h11-13H,3-10H2,1-2H3,(H2,17,18,19). The number of nitrogens with two attached hydrogens (primary N) is 1. The van der Waals surface area contributed by atoms with Gasteiger partial charge in [-0.25, -0.2) is 9.97 Å². The van der Waals surface area contributed by atoms with Crippen molar-refractivity contribution in [2.45, 2.75) is 58.0 Å². The topological polar surface area (TPSA) is 58.3 Å². The third-order valence-electron chi connectivity index (χ3n) is 4.92. The zero-order valence-corrected chi connectivity index (χ0v) is 13.3. The lowest BCUT2D eigenvalue weighted by Crippen LogP contribution is -2.59. The molecular formula is C16H27N5. The summed E-state index contributed by atoms with van der Waals surface area (Å²) in [5.74, 6) is 1.72. The number of anilines is 2. The number of hydrogen-bond donors (Lipinski definition) is 1. The first-order chi connectivity index (χ1) is 10.2. The van der Waals surface area contributed by atoms with Crippen LogP contribution in [-0.4, -0.2) is 46.6 Å². The van der Waals surface area contributed by atoms with Crippen LogP contribution >= 0.6 is 0 Å². The molecule has 0 spiro atoms. The smallest absolute Gasteiger partial charge is 0.137 e. The number of rotatable bonds is 3. The van der Waals surface area contributed by atoms with Crippen molar-refractivity contribution < 1.29 is 0 Å². The van der Waals surface area contributed by atoms with Gasteiger partial charge >= 0.3 is 0 Å². The van der Waals surface area contributed by atoms with Crippen LogP contribution in [0.15, 0.2) is 6.33 Å². The zero-order valence-electron chi connectivity index (χ0n) is 13.3. The van der Waals surface area contributed by atoms with Crippen molar-refractivity contribution in [2.75, 3.05) is 30.3 Å². The number of piperazine rings is 1. The summed E-state index contributed by atoms with van der Waals surface area (Å²) in [5.41, 5.74) is 7.24. The van der Waals surface area contributed by atoms with E-state index in [2.05, 4.69) is 33.6 Å². The van der Waals surface area contributed by atoms with Crippen molar-refractivity contribution in [1.29, 1.82) is 0 Å². The van der Waals surface area contributed by atoms with Crippen molar-refractivity contribution in [3.8, 4) is 0 Å². The van der Waals surface area contributed by atoms with Crippen LogP contribution < -0.4 is 10.6 Å². The van der Waals surface area contributed by atoms with Crippen molar-refractivity contribution in [2.24, 2.45) is 0 Å². The molecule has 1 aromatic heterocycles. The predicted octanol–water partition coefficient (Wildman–Crippen LogP) is 2.07. The Kier molecular flexibility index (Phi) is 4.29. The van der Waals surface area contributed by atoms with Gasteiger partial charge in [0.15, 0.2) is 0 Å². The lowest BCUT2D eigenvalue weighted by atomic mass is 9.96. The Morgan fingerprint density at radius 1 is 1.29 bits per heavy atom. The Hall–Kier alpha value is -1.36. The molecule has 5 heteroatoms. The number of aromatic nitrogens is 2. The maximum atomic E-state index is 6.10. The molecule has 2 atom stereocenters. The zero-order chi connectivity index (χ0) is 14.8. The fourth-order valence-corrected chi connectivity index (χ4v) is 3.80. The van der Waals surface area contributed by atoms with Gasteiger partial charge in [-0.05, 0) is 32.7 Å². The maximum Gasteiger partial charge on any atom is 0.137 e. The SMILES string of the molecule is CCCc1c(N)ncnc1N1CC2CCCCN2CC1C. The maximum absolute atomic E-state index is 6.10. The molecule has 2 aliphatic rings. The number of hydrogen-bond acceptors (Lipinski definition) is 5. The van der Waals surface area contributed by atoms with E-state index in [4.69, 9.17) is 5.73 Å². The second kappa shape index (κ2) is 6.18. The van der Waals surface area contributed by atoms with Crippen LogP contribution in [0.5, 0.6) is 0 Å². The minimum atomic E-state index is 0.490. The van der Waals surface area contributed by atoms with Gasteiger partial charge in [-0.15, -0.1) is 0 Å². The van der Waals surface area contributed by atoms with Crippen molar-refractivity contribution in [3.05, 3.63) is 11.9 Å². The minimum absolute atomic E-state index is 0.490. The van der Waals surface area contributed by atoms with E-state index < -0.39 is 0 Å². The number of piperidine rings is 1. The molecule has 3 rings (SSSR count). The average molecular weight is 289 g/mol. The van der Waals surface area contributed by atoms with Gasteiger partial charge in [-0.1, -0.05) is 19.8 Å². The third-order valence-corrected chi connectivity index (χ3v) is 4.92. The minimum Gasteiger partial charge on any atom is -0.383 e. The second-order valence-electron chi connectivity index (χ2n) is 6.46. The van der Waals surface area contributed by atoms with E-state index in [1.807, 2.05) is 0 Å². The van der Waals surface area contributed by atoms with E-state index in [9.17, 15) is 0 Å². The average Bonchev–Trinajstić information content (AvgIpc) is 2.49. The molecule has 0 saturated carbocycles. The molecule has 5 nitrogen and oxygen atoms in total. The van der Waals surface area contributed by atoms with Crippen LogP contribution in [0.1, 0.15) is 45.1 Å². The second-order valence-corrected chi connectivity index (χ2v) is 6.46. The van der Waals surface area contributed by atoms with Gasteiger partial charge in [0, 0.05) is 30.7 Å². The first-order valence-corrected chi connectivity index (χ1v) is 8.30. The third kappa shape index (κ3) is 2.84. The van der Waals surface area contributed by atoms with Crippen molar-refractivity contribution in [1.82, 2.24) is 14.9 Å². The van der Waals surface area contributed by atoms with Gasteiger partial charge in [0.25, 0.3) is 0 Å². The molecule has 0 bridgehead atoms. The normalized spacial score (nSPS) is 26.7. The summed E-state index contributed by atoms with van der Waals surface area (Å²) in [5, 5.41) is 0. The highest BCUT2D eigenvalue weighted by atomic mass is 15.3. The molecule has 0 amide bonds. The van der Waals surface area contributed by atoms with Crippen LogP contribution in [0.25, 0.3) is 0 Å². The van der Waals surface area contributed by atoms with Crippen LogP contribution in [0.3, 0.4) is 0 Å². The molecular weight excluding hydrogens is 262 g/mol. The first-order valence-electron chi connectivity index (χ1n) is 8.30. The highest BCUT2D eigenvalue weighted by Crippen LogP contribution is 2.30. The van der Waals surface area contributed by atoms with Crippen LogP contribution in [-0.2, 0) is 6.42 Å². The Bertz CT molecular complexity index is 490. The molecule has 1 aromatic rings. The summed E-state index contributed by atoms with van der Waals surface area (Å²) in [6.07, 6.45) is 7.67. The van der Waals surface area contributed by atoms with Crippen LogP contribution in [0, 0.1) is 0 Å². The summed E-state index contributed by atoms with van der Waals surface area (Å²) in [4.78, 5) is 13.9. The molecule has 0 aliphatic carbocycles. The molecule has 2 unspecified atom stereocenters. The van der Waals surface area contributed by atoms with E-state index in [0.717, 1.165) is 37.3 Å². The highest BCUT2D eigenvalue weighted by Gasteiger charge is 2.34. The van der Waals surface area contributed by atoms with Gasteiger partial charge < -0.3 is 10.6 Å². The fourth-order valence-electron chi connectivity index (χ4n) is 3.80. The molecule has 116 valence electrons. The number of fused-ring (bicyclic) bond motifs is 1. The lowest BCUT2D eigenvalue weighted by Gasteiger charge is -2.48. The van der Waals surface area contributed by atoms with E-state index >= 15 is 0 Å². The molecule has 0 radical (unpaired) electrons. The molecule has 21 heavy (non-hydrogen) atoms. The van der Waals surface area contributed by atoms with Gasteiger partial charge in [0.1, 0.15) is 18.0 Å². The molecule has 2 fully saturated rings. The number of nitrogens with zero attached hydrogens (tertiary/aromatic N) is 4. The lowest BCUT2D eigenvalue weighted by molar-refractivity contribution is 0.115. The summed E-state index contributed by atoms with van der Waals surface area (Å²) in [6, 6.07) is 1.17. The van der Waals surface area contributed by atoms with E-state index in [0.29, 0.717) is 17.9 Å². The summed E-state index contributed by atoms with van der Waals surface area (Å²) in [6.45, 7) is 7.96. The Morgan fingerprint density at radius 3 is 2.95 bits per heavy atom.